The summed E-state index contributed by atoms with van der Waals surface area (Å²) in [6.45, 7) is -0.266. The fourth-order valence-electron chi connectivity index (χ4n) is 1.08. The smallest absolute Gasteiger partial charge is 0.294 e. The number of aldehydes is 1. The molecule has 0 aromatic carbocycles. The van der Waals surface area contributed by atoms with Crippen LogP contribution in [0, 0.1) is 5.92 Å². The molecule has 1 atom stereocenters. The average Bonchev–Trinajstić information content (AvgIpc) is 2.52. The summed E-state index contributed by atoms with van der Waals surface area (Å²) < 4.78 is 22.2. The highest BCUT2D eigenvalue weighted by Crippen LogP contribution is 2.10. The molecule has 1 saturated heterocycles. The van der Waals surface area contributed by atoms with Gasteiger partial charge in [0.2, 0.25) is 0 Å². The Kier molecular flexibility index (Phi) is 6.57. The van der Waals surface area contributed by atoms with Crippen LogP contribution in [-0.2, 0) is 4.79 Å². The molecule has 0 aromatic heterocycles. The van der Waals surface area contributed by atoms with E-state index in [9.17, 15) is 13.6 Å². The molecular weight excluding hydrogens is 190 g/mol. The zero-order valence-electron chi connectivity index (χ0n) is 8.91. The van der Waals surface area contributed by atoms with Crippen LogP contribution in [0.2, 0.25) is 0 Å². The summed E-state index contributed by atoms with van der Waals surface area (Å²) in [5.41, 5.74) is 0. The molecule has 14 heavy (non-hydrogen) atoms. The molecule has 1 aliphatic heterocycles. The first-order valence-corrected chi connectivity index (χ1v) is 4.55. The summed E-state index contributed by atoms with van der Waals surface area (Å²) in [5, 5.41) is 0. The third-order valence-corrected chi connectivity index (χ3v) is 2.01. The molecule has 0 saturated carbocycles. The van der Waals surface area contributed by atoms with Crippen molar-refractivity contribution in [2.75, 3.05) is 34.2 Å². The molecule has 1 heterocycles. The quantitative estimate of drug-likeness (QED) is 0.498. The van der Waals surface area contributed by atoms with Crippen molar-refractivity contribution in [1.29, 1.82) is 0 Å². The molecule has 0 spiro atoms. The lowest BCUT2D eigenvalue weighted by Crippen LogP contribution is -2.17. The van der Waals surface area contributed by atoms with Gasteiger partial charge in [-0.25, -0.2) is 0 Å². The summed E-state index contributed by atoms with van der Waals surface area (Å²) in [5.74, 6) is 0.319. The van der Waals surface area contributed by atoms with Gasteiger partial charge in [0.25, 0.3) is 6.55 Å². The van der Waals surface area contributed by atoms with Gasteiger partial charge in [0, 0.05) is 12.5 Å². The number of halogens is 2. The van der Waals surface area contributed by atoms with Gasteiger partial charge in [-0.2, -0.15) is 8.78 Å². The number of hydrogen-bond donors (Lipinski definition) is 0. The second-order valence-electron chi connectivity index (χ2n) is 3.69. The first-order chi connectivity index (χ1) is 6.47. The minimum absolute atomic E-state index is 0.319. The highest BCUT2D eigenvalue weighted by Gasteiger charge is 2.17. The number of carbonyl (C=O) groups is 1. The van der Waals surface area contributed by atoms with Crippen LogP contribution in [0.4, 0.5) is 8.78 Å². The molecule has 1 aliphatic rings. The predicted molar refractivity (Wildman–Crippen MR) is 51.4 cm³/mol. The molecule has 0 radical (unpaired) electrons. The van der Waals surface area contributed by atoms with E-state index in [0.29, 0.717) is 5.92 Å². The van der Waals surface area contributed by atoms with Gasteiger partial charge >= 0.3 is 0 Å². The first kappa shape index (κ1) is 13.4. The second kappa shape index (κ2) is 6.84. The monoisotopic (exact) mass is 208 g/mol. The SMILES string of the molecule is CN(C)C(F)F.CN1CCC(C=O)C1. The fourth-order valence-corrected chi connectivity index (χ4v) is 1.08. The van der Waals surface area contributed by atoms with Gasteiger partial charge in [0.05, 0.1) is 0 Å². The molecule has 1 rings (SSSR count). The summed E-state index contributed by atoms with van der Waals surface area (Å²) in [6, 6.07) is 0. The molecule has 0 bridgehead atoms. The van der Waals surface area contributed by atoms with Gasteiger partial charge in [-0.1, -0.05) is 0 Å². The third-order valence-electron chi connectivity index (χ3n) is 2.01. The van der Waals surface area contributed by atoms with E-state index >= 15 is 0 Å². The number of carbonyl (C=O) groups excluding carboxylic acids is 1. The van der Waals surface area contributed by atoms with Crippen molar-refractivity contribution in [3.05, 3.63) is 0 Å². The molecule has 0 amide bonds. The molecule has 1 unspecified atom stereocenters. The van der Waals surface area contributed by atoms with E-state index in [1.165, 1.54) is 14.1 Å². The van der Waals surface area contributed by atoms with Crippen LogP contribution in [0.1, 0.15) is 6.42 Å². The van der Waals surface area contributed by atoms with Gasteiger partial charge < -0.3 is 9.69 Å². The Morgan fingerprint density at radius 1 is 1.50 bits per heavy atom. The maximum atomic E-state index is 11.1. The second-order valence-corrected chi connectivity index (χ2v) is 3.69. The van der Waals surface area contributed by atoms with E-state index < -0.39 is 6.55 Å². The predicted octanol–water partition coefficient (Wildman–Crippen LogP) is 0.908. The minimum Gasteiger partial charge on any atom is -0.306 e. The molecule has 5 heteroatoms. The zero-order chi connectivity index (χ0) is 11.1. The Hall–Kier alpha value is -0.550. The number of likely N-dealkylation sites (tertiary alicyclic amines) is 1. The van der Waals surface area contributed by atoms with Crippen molar-refractivity contribution in [1.82, 2.24) is 9.80 Å². The maximum absolute atomic E-state index is 11.1. The number of hydrogen-bond acceptors (Lipinski definition) is 3. The van der Waals surface area contributed by atoms with Crippen molar-refractivity contribution in [2.24, 2.45) is 5.92 Å². The highest BCUT2D eigenvalue weighted by molar-refractivity contribution is 5.54. The summed E-state index contributed by atoms with van der Waals surface area (Å²) in [4.78, 5) is 13.1. The van der Waals surface area contributed by atoms with E-state index in [1.807, 2.05) is 7.05 Å². The lowest BCUT2D eigenvalue weighted by Gasteiger charge is -2.04. The number of nitrogens with zero attached hydrogens (tertiary/aromatic N) is 2. The summed E-state index contributed by atoms with van der Waals surface area (Å²) in [6.07, 6.45) is 2.11. The Bertz CT molecular complexity index is 159. The Morgan fingerprint density at radius 2 is 2.00 bits per heavy atom. The van der Waals surface area contributed by atoms with Gasteiger partial charge in [0.1, 0.15) is 6.29 Å². The van der Waals surface area contributed by atoms with Gasteiger partial charge in [0.15, 0.2) is 0 Å². The third kappa shape index (κ3) is 5.99. The van der Waals surface area contributed by atoms with Crippen LogP contribution in [0.15, 0.2) is 0 Å². The van der Waals surface area contributed by atoms with Gasteiger partial charge in [-0.15, -0.1) is 0 Å². The Labute approximate surface area is 83.7 Å². The molecule has 0 N–H and O–H groups in total. The highest BCUT2D eigenvalue weighted by atomic mass is 19.3. The van der Waals surface area contributed by atoms with E-state index in [1.54, 1.807) is 0 Å². The lowest BCUT2D eigenvalue weighted by molar-refractivity contribution is -0.110. The number of alkyl halides is 2. The lowest BCUT2D eigenvalue weighted by atomic mass is 10.1. The van der Waals surface area contributed by atoms with Crippen LogP contribution in [-0.4, -0.2) is 56.9 Å². The molecule has 1 fully saturated rings. The van der Waals surface area contributed by atoms with Crippen molar-refractivity contribution in [3.8, 4) is 0 Å². The van der Waals surface area contributed by atoms with E-state index in [-0.39, 0.29) is 0 Å². The summed E-state index contributed by atoms with van der Waals surface area (Å²) >= 11 is 0. The Balaban J connectivity index is 0.000000255. The van der Waals surface area contributed by atoms with E-state index in [4.69, 9.17) is 0 Å². The van der Waals surface area contributed by atoms with E-state index in [0.717, 1.165) is 30.7 Å². The van der Waals surface area contributed by atoms with Crippen molar-refractivity contribution >= 4 is 6.29 Å². The Morgan fingerprint density at radius 3 is 2.14 bits per heavy atom. The maximum Gasteiger partial charge on any atom is 0.294 e. The average molecular weight is 208 g/mol. The molecule has 3 nitrogen and oxygen atoms in total. The molecule has 0 aliphatic carbocycles. The standard InChI is InChI=1S/C6H11NO.C3H7F2N/c1-7-3-2-6(4-7)5-8;1-6(2)3(4)5/h5-6H,2-4H2,1H3;3H,1-2H3. The van der Waals surface area contributed by atoms with Crippen LogP contribution >= 0.6 is 0 Å². The summed E-state index contributed by atoms with van der Waals surface area (Å²) in [7, 11) is 4.69. The largest absolute Gasteiger partial charge is 0.306 e. The van der Waals surface area contributed by atoms with Crippen LogP contribution in [0.5, 0.6) is 0 Å². The molecular formula is C9H18F2N2O. The van der Waals surface area contributed by atoms with Crippen molar-refractivity contribution in [2.45, 2.75) is 13.0 Å². The van der Waals surface area contributed by atoms with Crippen LogP contribution < -0.4 is 0 Å². The normalized spacial score (nSPS) is 22.4. The van der Waals surface area contributed by atoms with Crippen LogP contribution in [0.25, 0.3) is 0 Å². The van der Waals surface area contributed by atoms with Gasteiger partial charge in [-0.05, 0) is 34.1 Å². The zero-order valence-corrected chi connectivity index (χ0v) is 8.91. The van der Waals surface area contributed by atoms with Crippen molar-refractivity contribution < 1.29 is 13.6 Å². The van der Waals surface area contributed by atoms with Crippen LogP contribution in [0.3, 0.4) is 0 Å². The minimum atomic E-state index is -2.31. The van der Waals surface area contributed by atoms with Crippen molar-refractivity contribution in [3.63, 3.8) is 0 Å². The molecule has 0 aromatic rings. The fraction of sp³-hybridized carbons (Fsp3) is 0.889. The van der Waals surface area contributed by atoms with Gasteiger partial charge in [-0.3, -0.25) is 4.90 Å². The molecule has 84 valence electrons. The first-order valence-electron chi connectivity index (χ1n) is 4.55. The number of rotatable bonds is 2. The topological polar surface area (TPSA) is 23.6 Å². The van der Waals surface area contributed by atoms with E-state index in [2.05, 4.69) is 4.90 Å².